The lowest BCUT2D eigenvalue weighted by molar-refractivity contribution is -0.385. The lowest BCUT2D eigenvalue weighted by atomic mass is 9.85. The molecule has 1 fully saturated rings. The number of aliphatic hydroxyl groups excluding tert-OH is 1. The highest BCUT2D eigenvalue weighted by atomic mass is 16.6. The van der Waals surface area contributed by atoms with Gasteiger partial charge in [0.05, 0.1) is 17.6 Å². The van der Waals surface area contributed by atoms with Gasteiger partial charge in [0.2, 0.25) is 0 Å². The lowest BCUT2D eigenvalue weighted by Gasteiger charge is -2.35. The predicted octanol–water partition coefficient (Wildman–Crippen LogP) is 2.46. The zero-order valence-electron chi connectivity index (χ0n) is 13.5. The van der Waals surface area contributed by atoms with E-state index in [1.807, 2.05) is 30.3 Å². The van der Waals surface area contributed by atoms with E-state index in [2.05, 4.69) is 10.00 Å². The highest BCUT2D eigenvalue weighted by molar-refractivity contribution is 5.46. The summed E-state index contributed by atoms with van der Waals surface area (Å²) in [6.45, 7) is 1.65. The fourth-order valence-corrected chi connectivity index (χ4v) is 2.99. The van der Waals surface area contributed by atoms with E-state index in [0.29, 0.717) is 12.5 Å². The molecule has 1 heterocycles. The second-order valence-electron chi connectivity index (χ2n) is 6.37. The quantitative estimate of drug-likeness (QED) is 0.594. The van der Waals surface area contributed by atoms with Crippen LogP contribution in [0.5, 0.6) is 0 Å². The Morgan fingerprint density at radius 2 is 2.12 bits per heavy atom. The van der Waals surface area contributed by atoms with Gasteiger partial charge in [0, 0.05) is 18.8 Å². The summed E-state index contributed by atoms with van der Waals surface area (Å²) in [5.41, 5.74) is 1.03. The second kappa shape index (κ2) is 7.44. The first-order chi connectivity index (χ1) is 11.6. The predicted molar refractivity (Wildman–Crippen MR) is 90.9 cm³/mol. The molecule has 1 N–H and O–H groups in total. The van der Waals surface area contributed by atoms with Crippen LogP contribution in [-0.2, 0) is 6.54 Å². The van der Waals surface area contributed by atoms with E-state index in [0.717, 1.165) is 12.2 Å². The fourth-order valence-electron chi connectivity index (χ4n) is 2.99. The molecule has 1 aromatic carbocycles. The third kappa shape index (κ3) is 4.11. The molecular weight excluding hydrogens is 308 g/mol. The normalized spacial score (nSPS) is 15.7. The van der Waals surface area contributed by atoms with Gasteiger partial charge in [0.1, 0.15) is 12.4 Å². The molecule has 1 aliphatic rings. The largest absolute Gasteiger partial charge is 0.389 e. The van der Waals surface area contributed by atoms with Gasteiger partial charge in [-0.2, -0.15) is 5.10 Å². The number of aromatic nitrogens is 2. The van der Waals surface area contributed by atoms with E-state index in [4.69, 9.17) is 0 Å². The molecule has 24 heavy (non-hydrogen) atoms. The number of hydrogen-bond acceptors (Lipinski definition) is 5. The van der Waals surface area contributed by atoms with Crippen LogP contribution in [0, 0.1) is 16.0 Å². The van der Waals surface area contributed by atoms with Crippen LogP contribution in [-0.4, -0.2) is 39.0 Å². The molecule has 2 aromatic rings. The van der Waals surface area contributed by atoms with Gasteiger partial charge in [-0.1, -0.05) is 24.6 Å². The van der Waals surface area contributed by atoms with Crippen LogP contribution in [0.3, 0.4) is 0 Å². The highest BCUT2D eigenvalue weighted by Gasteiger charge is 2.23. The molecule has 128 valence electrons. The first kappa shape index (κ1) is 16.4. The van der Waals surface area contributed by atoms with Crippen LogP contribution in [0.1, 0.15) is 19.3 Å². The first-order valence-corrected chi connectivity index (χ1v) is 8.26. The number of aliphatic hydroxyl groups is 1. The van der Waals surface area contributed by atoms with Gasteiger partial charge < -0.3 is 10.0 Å². The molecule has 1 aromatic heterocycles. The van der Waals surface area contributed by atoms with Gasteiger partial charge in [0.25, 0.3) is 0 Å². The molecule has 7 nitrogen and oxygen atoms in total. The average molecular weight is 330 g/mol. The summed E-state index contributed by atoms with van der Waals surface area (Å²) >= 11 is 0. The van der Waals surface area contributed by atoms with Crippen molar-refractivity contribution < 1.29 is 10.0 Å². The molecule has 0 bridgehead atoms. The Hall–Kier alpha value is -2.41. The van der Waals surface area contributed by atoms with E-state index in [9.17, 15) is 15.2 Å². The Balaban J connectivity index is 1.63. The van der Waals surface area contributed by atoms with Crippen molar-refractivity contribution in [3.8, 4) is 0 Å². The minimum Gasteiger partial charge on any atom is -0.389 e. The summed E-state index contributed by atoms with van der Waals surface area (Å²) in [5.74, 6) is 0.684. The van der Waals surface area contributed by atoms with Crippen LogP contribution in [0.25, 0.3) is 0 Å². The molecule has 0 saturated heterocycles. The van der Waals surface area contributed by atoms with Crippen molar-refractivity contribution in [1.82, 2.24) is 9.78 Å². The number of anilines is 1. The van der Waals surface area contributed by atoms with E-state index in [-0.39, 0.29) is 12.2 Å². The van der Waals surface area contributed by atoms with Crippen molar-refractivity contribution in [2.75, 3.05) is 18.0 Å². The lowest BCUT2D eigenvalue weighted by Crippen LogP contribution is -2.39. The highest BCUT2D eigenvalue weighted by Crippen LogP contribution is 2.29. The van der Waals surface area contributed by atoms with E-state index in [1.54, 1.807) is 0 Å². The van der Waals surface area contributed by atoms with E-state index in [1.165, 1.54) is 36.3 Å². The number of benzene rings is 1. The van der Waals surface area contributed by atoms with Crippen LogP contribution in [0.15, 0.2) is 42.7 Å². The molecule has 1 aliphatic carbocycles. The molecule has 0 amide bonds. The topological polar surface area (TPSA) is 84.4 Å². The minimum atomic E-state index is -0.648. The van der Waals surface area contributed by atoms with Crippen molar-refractivity contribution in [2.24, 2.45) is 5.92 Å². The molecule has 0 aliphatic heterocycles. The summed E-state index contributed by atoms with van der Waals surface area (Å²) in [6, 6.07) is 10.1. The number of hydrogen-bond donors (Lipinski definition) is 1. The Kier molecular flexibility index (Phi) is 5.10. The van der Waals surface area contributed by atoms with Gasteiger partial charge in [0.15, 0.2) is 0 Å². The monoisotopic (exact) mass is 330 g/mol. The summed E-state index contributed by atoms with van der Waals surface area (Å²) in [6.07, 6.45) is 5.67. The molecule has 1 unspecified atom stereocenters. The maximum absolute atomic E-state index is 10.7. The smallest absolute Gasteiger partial charge is 0.306 e. The Labute approximate surface area is 140 Å². The molecule has 7 heteroatoms. The summed E-state index contributed by atoms with van der Waals surface area (Å²) in [7, 11) is 0. The number of nitro groups is 1. The SMILES string of the molecule is O=[N+]([O-])c1cnn(CC(O)CN(CC2CCC2)c2ccccc2)c1. The van der Waals surface area contributed by atoms with Crippen molar-refractivity contribution in [1.29, 1.82) is 0 Å². The molecule has 1 saturated carbocycles. The van der Waals surface area contributed by atoms with Crippen molar-refractivity contribution in [3.63, 3.8) is 0 Å². The number of para-hydroxylation sites is 1. The first-order valence-electron chi connectivity index (χ1n) is 8.26. The fraction of sp³-hybridized carbons (Fsp3) is 0.471. The number of nitrogens with zero attached hydrogens (tertiary/aromatic N) is 4. The molecule has 0 spiro atoms. The maximum Gasteiger partial charge on any atom is 0.306 e. The van der Waals surface area contributed by atoms with E-state index >= 15 is 0 Å². The molecular formula is C17H22N4O3. The van der Waals surface area contributed by atoms with E-state index < -0.39 is 11.0 Å². The van der Waals surface area contributed by atoms with Crippen LogP contribution >= 0.6 is 0 Å². The van der Waals surface area contributed by atoms with Gasteiger partial charge in [-0.3, -0.25) is 14.8 Å². The summed E-state index contributed by atoms with van der Waals surface area (Å²) in [4.78, 5) is 12.4. The van der Waals surface area contributed by atoms with Crippen molar-refractivity contribution >= 4 is 11.4 Å². The maximum atomic E-state index is 10.7. The molecule has 0 radical (unpaired) electrons. The average Bonchev–Trinajstić information content (AvgIpc) is 2.99. The zero-order chi connectivity index (χ0) is 16.9. The Bertz CT molecular complexity index is 669. The number of rotatable bonds is 8. The summed E-state index contributed by atoms with van der Waals surface area (Å²) in [5, 5.41) is 25.1. The molecule has 3 rings (SSSR count). The van der Waals surface area contributed by atoms with Crippen molar-refractivity contribution in [3.05, 3.63) is 52.8 Å². The van der Waals surface area contributed by atoms with Crippen LogP contribution in [0.2, 0.25) is 0 Å². The van der Waals surface area contributed by atoms with Crippen molar-refractivity contribution in [2.45, 2.75) is 31.9 Å². The van der Waals surface area contributed by atoms with Crippen LogP contribution in [0.4, 0.5) is 11.4 Å². The third-order valence-electron chi connectivity index (χ3n) is 4.48. The van der Waals surface area contributed by atoms with Crippen LogP contribution < -0.4 is 4.90 Å². The summed E-state index contributed by atoms with van der Waals surface area (Å²) < 4.78 is 1.43. The second-order valence-corrected chi connectivity index (χ2v) is 6.37. The third-order valence-corrected chi connectivity index (χ3v) is 4.48. The van der Waals surface area contributed by atoms with Gasteiger partial charge in [-0.15, -0.1) is 0 Å². The Morgan fingerprint density at radius 1 is 1.38 bits per heavy atom. The minimum absolute atomic E-state index is 0.0587. The van der Waals surface area contributed by atoms with Gasteiger partial charge in [-0.05, 0) is 30.9 Å². The Morgan fingerprint density at radius 3 is 2.71 bits per heavy atom. The standard InChI is InChI=1S/C17H22N4O3/c22-17(13-20-11-16(9-18-20)21(23)24)12-19(10-14-5-4-6-14)15-7-2-1-3-8-15/h1-3,7-9,11,14,17,22H,4-6,10,12-13H2. The molecule has 1 atom stereocenters. The van der Waals surface area contributed by atoms with Gasteiger partial charge in [-0.25, -0.2) is 0 Å². The zero-order valence-corrected chi connectivity index (χ0v) is 13.5. The van der Waals surface area contributed by atoms with Gasteiger partial charge >= 0.3 is 5.69 Å².